The Labute approximate surface area is 120 Å². The monoisotopic (exact) mass is 286 g/mol. The van der Waals surface area contributed by atoms with Gasteiger partial charge >= 0.3 is 0 Å². The Kier molecular flexibility index (Phi) is 3.39. The zero-order valence-corrected chi connectivity index (χ0v) is 11.2. The zero-order valence-electron chi connectivity index (χ0n) is 11.2. The third-order valence-corrected chi connectivity index (χ3v) is 3.60. The first kappa shape index (κ1) is 13.3. The Morgan fingerprint density at radius 1 is 1.38 bits per heavy atom. The predicted octanol–water partition coefficient (Wildman–Crippen LogP) is 1.36. The lowest BCUT2D eigenvalue weighted by molar-refractivity contribution is -0.497. The van der Waals surface area contributed by atoms with Gasteiger partial charge < -0.3 is 5.32 Å². The van der Waals surface area contributed by atoms with Crippen LogP contribution in [0.15, 0.2) is 36.5 Å². The molecule has 21 heavy (non-hydrogen) atoms. The fraction of sp³-hybridized carbons (Fsp3) is 0.286. The summed E-state index contributed by atoms with van der Waals surface area (Å²) in [6.45, 7) is 0.378. The number of benzene rings is 1. The molecule has 1 amide bonds. The third kappa shape index (κ3) is 2.91. The van der Waals surface area contributed by atoms with Gasteiger partial charge in [0.25, 0.3) is 0 Å². The van der Waals surface area contributed by atoms with Crippen LogP contribution in [0.25, 0.3) is 11.3 Å². The summed E-state index contributed by atoms with van der Waals surface area (Å²) in [5.41, 5.74) is 2.89. The number of hydrogen-bond donors (Lipinski definition) is 2. The molecule has 0 radical (unpaired) electrons. The molecule has 2 atom stereocenters. The molecule has 1 aliphatic carbocycles. The maximum Gasteiger partial charge on any atom is 0.230 e. The summed E-state index contributed by atoms with van der Waals surface area (Å²) < 4.78 is 0. The highest BCUT2D eigenvalue weighted by Gasteiger charge is 2.53. The number of nitro groups is 1. The molecule has 0 unspecified atom stereocenters. The maximum absolute atomic E-state index is 11.7. The second kappa shape index (κ2) is 5.35. The minimum absolute atomic E-state index is 0.241. The van der Waals surface area contributed by atoms with Gasteiger partial charge in [-0.1, -0.05) is 24.3 Å². The van der Waals surface area contributed by atoms with E-state index in [4.69, 9.17) is 0 Å². The first-order valence-electron chi connectivity index (χ1n) is 6.65. The normalized spacial score (nSPS) is 20.0. The zero-order chi connectivity index (χ0) is 14.8. The van der Waals surface area contributed by atoms with Crippen molar-refractivity contribution in [3.05, 3.63) is 52.2 Å². The van der Waals surface area contributed by atoms with Crippen molar-refractivity contribution in [1.29, 1.82) is 0 Å². The van der Waals surface area contributed by atoms with Gasteiger partial charge in [-0.25, -0.2) is 0 Å². The van der Waals surface area contributed by atoms with Gasteiger partial charge in [-0.05, 0) is 17.2 Å². The lowest BCUT2D eigenvalue weighted by Crippen LogP contribution is -2.26. The van der Waals surface area contributed by atoms with E-state index in [2.05, 4.69) is 15.5 Å². The number of hydrogen-bond acceptors (Lipinski definition) is 4. The summed E-state index contributed by atoms with van der Waals surface area (Å²) in [6.07, 6.45) is 2.03. The second-order valence-electron chi connectivity index (χ2n) is 5.08. The van der Waals surface area contributed by atoms with E-state index in [0.29, 0.717) is 13.0 Å². The van der Waals surface area contributed by atoms with E-state index in [0.717, 1.165) is 16.8 Å². The number of aromatic amines is 1. The summed E-state index contributed by atoms with van der Waals surface area (Å²) in [4.78, 5) is 21.9. The molecular formula is C14H14N4O3. The van der Waals surface area contributed by atoms with Crippen LogP contribution in [0.2, 0.25) is 0 Å². The van der Waals surface area contributed by atoms with E-state index in [1.165, 1.54) is 0 Å². The van der Waals surface area contributed by atoms with Crippen molar-refractivity contribution in [2.75, 3.05) is 0 Å². The number of H-pyrrole nitrogens is 1. The van der Waals surface area contributed by atoms with Crippen LogP contribution in [-0.2, 0) is 11.3 Å². The molecule has 7 nitrogen and oxygen atoms in total. The molecule has 2 N–H and O–H groups in total. The molecule has 0 aliphatic heterocycles. The molecule has 1 saturated carbocycles. The van der Waals surface area contributed by atoms with Gasteiger partial charge in [0, 0.05) is 24.1 Å². The Morgan fingerprint density at radius 2 is 2.14 bits per heavy atom. The van der Waals surface area contributed by atoms with Crippen LogP contribution in [0.4, 0.5) is 0 Å². The van der Waals surface area contributed by atoms with Crippen LogP contribution in [0.5, 0.6) is 0 Å². The van der Waals surface area contributed by atoms with Crippen molar-refractivity contribution in [3.8, 4) is 11.3 Å². The number of nitrogens with one attached hydrogen (secondary N) is 2. The number of rotatable bonds is 5. The van der Waals surface area contributed by atoms with Gasteiger partial charge in [-0.2, -0.15) is 5.10 Å². The highest BCUT2D eigenvalue weighted by atomic mass is 16.6. The molecule has 1 heterocycles. The highest BCUT2D eigenvalue weighted by molar-refractivity contribution is 5.81. The minimum Gasteiger partial charge on any atom is -0.352 e. The van der Waals surface area contributed by atoms with Crippen molar-refractivity contribution >= 4 is 5.91 Å². The van der Waals surface area contributed by atoms with E-state index in [1.54, 1.807) is 6.20 Å². The molecule has 0 saturated heterocycles. The largest absolute Gasteiger partial charge is 0.352 e. The molecule has 0 spiro atoms. The number of carbonyl (C=O) groups is 1. The van der Waals surface area contributed by atoms with Gasteiger partial charge in [0.2, 0.25) is 11.9 Å². The molecule has 3 rings (SSSR count). The predicted molar refractivity (Wildman–Crippen MR) is 74.8 cm³/mol. The molecule has 1 fully saturated rings. The lowest BCUT2D eigenvalue weighted by Gasteiger charge is -2.05. The average molecular weight is 286 g/mol. The second-order valence-corrected chi connectivity index (χ2v) is 5.08. The Morgan fingerprint density at radius 3 is 2.71 bits per heavy atom. The Hall–Kier alpha value is -2.70. The van der Waals surface area contributed by atoms with E-state index >= 15 is 0 Å². The molecule has 7 heteroatoms. The van der Waals surface area contributed by atoms with Crippen LogP contribution < -0.4 is 5.32 Å². The smallest absolute Gasteiger partial charge is 0.230 e. The van der Waals surface area contributed by atoms with E-state index < -0.39 is 12.0 Å². The summed E-state index contributed by atoms with van der Waals surface area (Å²) in [6, 6.07) is 8.87. The average Bonchev–Trinajstić information content (AvgIpc) is 3.12. The standard InChI is InChI=1S/C14H14N4O3/c19-14(11-7-13(11)18(20)21)15-8-9-1-3-10(4-2-9)12-5-6-16-17-12/h1-6,11,13H,7-8H2,(H,15,19)(H,16,17)/t11-,13-/m1/s1. The quantitative estimate of drug-likeness (QED) is 0.640. The summed E-state index contributed by atoms with van der Waals surface area (Å²) in [5, 5.41) is 20.0. The van der Waals surface area contributed by atoms with Gasteiger partial charge in [0.1, 0.15) is 5.92 Å². The van der Waals surface area contributed by atoms with Crippen molar-refractivity contribution < 1.29 is 9.72 Å². The molecular weight excluding hydrogens is 272 g/mol. The molecule has 108 valence electrons. The molecule has 1 aromatic carbocycles. The Bertz CT molecular complexity index is 651. The summed E-state index contributed by atoms with van der Waals surface area (Å²) in [5.74, 6) is -0.710. The number of carbonyl (C=O) groups excluding carboxylic acids is 1. The van der Waals surface area contributed by atoms with Crippen molar-refractivity contribution in [2.45, 2.75) is 19.0 Å². The maximum atomic E-state index is 11.7. The van der Waals surface area contributed by atoms with Gasteiger partial charge in [-0.3, -0.25) is 20.0 Å². The molecule has 0 bridgehead atoms. The van der Waals surface area contributed by atoms with Crippen LogP contribution in [0.3, 0.4) is 0 Å². The van der Waals surface area contributed by atoms with Crippen molar-refractivity contribution in [3.63, 3.8) is 0 Å². The van der Waals surface area contributed by atoms with Crippen LogP contribution in [-0.4, -0.2) is 27.1 Å². The fourth-order valence-electron chi connectivity index (χ4n) is 2.24. The number of aromatic nitrogens is 2. The van der Waals surface area contributed by atoms with E-state index in [-0.39, 0.29) is 10.8 Å². The third-order valence-electron chi connectivity index (χ3n) is 3.60. The fourth-order valence-corrected chi connectivity index (χ4v) is 2.24. The summed E-state index contributed by atoms with van der Waals surface area (Å²) >= 11 is 0. The van der Waals surface area contributed by atoms with Gasteiger partial charge in [-0.15, -0.1) is 0 Å². The van der Waals surface area contributed by atoms with Crippen molar-refractivity contribution in [1.82, 2.24) is 15.5 Å². The first-order chi connectivity index (χ1) is 10.1. The SMILES string of the molecule is O=C(NCc1ccc(-c2ccn[nH]2)cc1)[C@@H]1C[C@H]1[N+](=O)[O-]. The summed E-state index contributed by atoms with van der Waals surface area (Å²) in [7, 11) is 0. The molecule has 2 aromatic rings. The van der Waals surface area contributed by atoms with Crippen LogP contribution in [0.1, 0.15) is 12.0 Å². The first-order valence-corrected chi connectivity index (χ1v) is 6.65. The highest BCUT2D eigenvalue weighted by Crippen LogP contribution is 2.33. The molecule has 1 aromatic heterocycles. The minimum atomic E-state index is -0.701. The van der Waals surface area contributed by atoms with Gasteiger partial charge in [0.05, 0.1) is 5.69 Å². The van der Waals surface area contributed by atoms with Gasteiger partial charge in [0.15, 0.2) is 0 Å². The van der Waals surface area contributed by atoms with Crippen LogP contribution >= 0.6 is 0 Å². The molecule has 1 aliphatic rings. The number of amides is 1. The number of nitrogens with zero attached hydrogens (tertiary/aromatic N) is 2. The van der Waals surface area contributed by atoms with Crippen LogP contribution in [0, 0.1) is 16.0 Å². The van der Waals surface area contributed by atoms with Crippen molar-refractivity contribution in [2.24, 2.45) is 5.92 Å². The van der Waals surface area contributed by atoms with E-state index in [1.807, 2.05) is 30.3 Å². The van der Waals surface area contributed by atoms with E-state index in [9.17, 15) is 14.9 Å². The lowest BCUT2D eigenvalue weighted by atomic mass is 10.1. The Balaban J connectivity index is 1.54. The topological polar surface area (TPSA) is 101 Å².